The maximum atomic E-state index is 12.3. The summed E-state index contributed by atoms with van der Waals surface area (Å²) in [7, 11) is -5.86. The van der Waals surface area contributed by atoms with Crippen LogP contribution in [0.5, 0.6) is 5.75 Å². The van der Waals surface area contributed by atoms with Crippen LogP contribution < -0.4 is 9.29 Å². The number of aliphatic hydroxyl groups excluding tert-OH is 1. The van der Waals surface area contributed by atoms with Crippen molar-refractivity contribution in [2.24, 2.45) is 0 Å². The van der Waals surface area contributed by atoms with Crippen LogP contribution in [0.15, 0.2) is 18.2 Å². The molecule has 1 aromatic carbocycles. The molecule has 6 nitrogen and oxygen atoms in total. The van der Waals surface area contributed by atoms with Crippen LogP contribution in [-0.4, -0.2) is 31.6 Å². The second kappa shape index (κ2) is 6.31. The number of alkyl halides is 3. The minimum Gasteiger partial charge on any atom is -0.545 e. The molecule has 0 saturated heterocycles. The quantitative estimate of drug-likeness (QED) is 0.591. The molecule has 10 heteroatoms. The van der Waals surface area contributed by atoms with E-state index in [1.165, 1.54) is 0 Å². The SMILES string of the molecule is O=C([O-])c1ccc(OS(=O)(=O)C(F)(F)F)c(CCCO)c1. The molecule has 1 aromatic rings. The van der Waals surface area contributed by atoms with Crippen molar-refractivity contribution >= 4 is 16.1 Å². The van der Waals surface area contributed by atoms with Crippen molar-refractivity contribution in [3.63, 3.8) is 0 Å². The van der Waals surface area contributed by atoms with Crippen LogP contribution in [-0.2, 0) is 16.5 Å². The molecule has 0 unspecified atom stereocenters. The highest BCUT2D eigenvalue weighted by Gasteiger charge is 2.48. The van der Waals surface area contributed by atoms with Crippen molar-refractivity contribution < 1.29 is 40.8 Å². The molecule has 0 heterocycles. The van der Waals surface area contributed by atoms with E-state index in [1.807, 2.05) is 0 Å². The fraction of sp³-hybridized carbons (Fsp3) is 0.364. The van der Waals surface area contributed by atoms with E-state index in [0.29, 0.717) is 0 Å². The Labute approximate surface area is 117 Å². The van der Waals surface area contributed by atoms with E-state index in [9.17, 15) is 31.5 Å². The molecular weight excluding hydrogens is 317 g/mol. The van der Waals surface area contributed by atoms with Crippen molar-refractivity contribution in [3.8, 4) is 5.75 Å². The largest absolute Gasteiger partial charge is 0.545 e. The van der Waals surface area contributed by atoms with Gasteiger partial charge in [0, 0.05) is 6.61 Å². The zero-order valence-electron chi connectivity index (χ0n) is 10.4. The third-order valence-electron chi connectivity index (χ3n) is 2.38. The lowest BCUT2D eigenvalue weighted by atomic mass is 10.1. The molecule has 21 heavy (non-hydrogen) atoms. The minimum atomic E-state index is -5.86. The summed E-state index contributed by atoms with van der Waals surface area (Å²) in [5.74, 6) is -2.23. The highest BCUT2D eigenvalue weighted by Crippen LogP contribution is 2.30. The maximum Gasteiger partial charge on any atom is 0.534 e. The van der Waals surface area contributed by atoms with E-state index >= 15 is 0 Å². The van der Waals surface area contributed by atoms with Gasteiger partial charge >= 0.3 is 15.6 Å². The van der Waals surface area contributed by atoms with Crippen molar-refractivity contribution in [2.45, 2.75) is 18.3 Å². The second-order valence-corrected chi connectivity index (χ2v) is 5.46. The monoisotopic (exact) mass is 327 g/mol. The van der Waals surface area contributed by atoms with Crippen LogP contribution in [0.3, 0.4) is 0 Å². The maximum absolute atomic E-state index is 12.3. The Morgan fingerprint density at radius 3 is 2.43 bits per heavy atom. The van der Waals surface area contributed by atoms with Crippen molar-refractivity contribution in [2.75, 3.05) is 6.61 Å². The Morgan fingerprint density at radius 2 is 1.95 bits per heavy atom. The molecule has 1 rings (SSSR count). The molecule has 0 fully saturated rings. The Hall–Kier alpha value is -1.81. The number of carboxylic acids is 1. The molecule has 0 bridgehead atoms. The zero-order valence-corrected chi connectivity index (χ0v) is 11.2. The van der Waals surface area contributed by atoms with E-state index in [4.69, 9.17) is 5.11 Å². The van der Waals surface area contributed by atoms with Gasteiger partial charge in [0.2, 0.25) is 0 Å². The number of benzene rings is 1. The first-order chi connectivity index (χ1) is 9.58. The number of carbonyl (C=O) groups is 1. The first-order valence-electron chi connectivity index (χ1n) is 5.54. The number of aryl methyl sites for hydroxylation is 1. The van der Waals surface area contributed by atoms with Gasteiger partial charge in [-0.15, -0.1) is 0 Å². The highest BCUT2D eigenvalue weighted by atomic mass is 32.2. The summed E-state index contributed by atoms with van der Waals surface area (Å²) in [5.41, 5.74) is -6.05. The molecule has 0 spiro atoms. The predicted molar refractivity (Wildman–Crippen MR) is 61.8 cm³/mol. The zero-order chi connectivity index (χ0) is 16.3. The summed E-state index contributed by atoms with van der Waals surface area (Å²) in [6.07, 6.45) is 0.0132. The lowest BCUT2D eigenvalue weighted by molar-refractivity contribution is -0.255. The van der Waals surface area contributed by atoms with Gasteiger partial charge < -0.3 is 19.2 Å². The van der Waals surface area contributed by atoms with E-state index in [2.05, 4.69) is 4.18 Å². The summed E-state index contributed by atoms with van der Waals surface area (Å²) in [5, 5.41) is 19.4. The van der Waals surface area contributed by atoms with Crippen LogP contribution in [0.2, 0.25) is 0 Å². The lowest BCUT2D eigenvalue weighted by Gasteiger charge is -2.14. The Morgan fingerprint density at radius 1 is 1.33 bits per heavy atom. The van der Waals surface area contributed by atoms with Crippen LogP contribution >= 0.6 is 0 Å². The molecule has 0 radical (unpaired) electrons. The van der Waals surface area contributed by atoms with E-state index < -0.39 is 27.3 Å². The van der Waals surface area contributed by atoms with Gasteiger partial charge in [0.1, 0.15) is 5.75 Å². The van der Waals surface area contributed by atoms with Crippen molar-refractivity contribution in [1.82, 2.24) is 0 Å². The predicted octanol–water partition coefficient (Wildman–Crippen LogP) is 0.203. The summed E-state index contributed by atoms with van der Waals surface area (Å²) in [6.45, 7) is -0.318. The normalized spacial score (nSPS) is 12.2. The van der Waals surface area contributed by atoms with Gasteiger partial charge in [-0.25, -0.2) is 0 Å². The van der Waals surface area contributed by atoms with Gasteiger partial charge in [0.25, 0.3) is 0 Å². The number of aliphatic hydroxyl groups is 1. The third-order valence-corrected chi connectivity index (χ3v) is 3.35. The molecule has 0 aliphatic rings. The first kappa shape index (κ1) is 17.2. The summed E-state index contributed by atoms with van der Waals surface area (Å²) in [4.78, 5) is 10.7. The first-order valence-corrected chi connectivity index (χ1v) is 6.95. The van der Waals surface area contributed by atoms with Gasteiger partial charge in [-0.3, -0.25) is 0 Å². The van der Waals surface area contributed by atoms with Gasteiger partial charge in [-0.2, -0.15) is 21.6 Å². The number of rotatable bonds is 6. The molecule has 0 aliphatic carbocycles. The van der Waals surface area contributed by atoms with Gasteiger partial charge in [0.15, 0.2) is 0 Å². The summed E-state index contributed by atoms with van der Waals surface area (Å²) in [6, 6.07) is 2.59. The highest BCUT2D eigenvalue weighted by molar-refractivity contribution is 7.88. The Balaban J connectivity index is 3.20. The standard InChI is InChI=1S/C11H11F3O6S/c12-11(13,14)21(18,19)20-9-4-3-8(10(16)17)6-7(9)2-1-5-15/h3-4,6,15H,1-2,5H2,(H,16,17)/p-1. The molecule has 0 amide bonds. The fourth-order valence-electron chi connectivity index (χ4n) is 1.42. The molecule has 0 saturated carbocycles. The van der Waals surface area contributed by atoms with Crippen molar-refractivity contribution in [3.05, 3.63) is 29.3 Å². The number of halogens is 3. The average Bonchev–Trinajstić information content (AvgIpc) is 2.35. The van der Waals surface area contributed by atoms with Gasteiger partial charge in [-0.1, -0.05) is 0 Å². The molecule has 118 valence electrons. The Kier molecular flexibility index (Phi) is 5.18. The number of aromatic carboxylic acids is 1. The van der Waals surface area contributed by atoms with Crippen LogP contribution in [0.25, 0.3) is 0 Å². The van der Waals surface area contributed by atoms with Crippen LogP contribution in [0.1, 0.15) is 22.3 Å². The number of carbonyl (C=O) groups excluding carboxylic acids is 1. The summed E-state index contributed by atoms with van der Waals surface area (Å²) < 4.78 is 62.6. The Bertz CT molecular complexity index is 623. The smallest absolute Gasteiger partial charge is 0.534 e. The third kappa shape index (κ3) is 4.33. The van der Waals surface area contributed by atoms with E-state index in [0.717, 1.165) is 18.2 Å². The molecule has 0 aliphatic heterocycles. The topological polar surface area (TPSA) is 104 Å². The van der Waals surface area contributed by atoms with Crippen LogP contribution in [0.4, 0.5) is 13.2 Å². The number of hydrogen-bond acceptors (Lipinski definition) is 6. The minimum absolute atomic E-state index is 0.0691. The van der Waals surface area contributed by atoms with Crippen LogP contribution in [0, 0.1) is 0 Å². The van der Waals surface area contributed by atoms with Crippen molar-refractivity contribution in [1.29, 1.82) is 0 Å². The number of carboxylic acid groups (broad SMARTS) is 1. The molecule has 1 N–H and O–H groups in total. The number of hydrogen-bond donors (Lipinski definition) is 1. The fourth-order valence-corrected chi connectivity index (χ4v) is 1.91. The van der Waals surface area contributed by atoms with E-state index in [-0.39, 0.29) is 30.6 Å². The van der Waals surface area contributed by atoms with Gasteiger partial charge in [0.05, 0.1) is 5.97 Å². The molecule has 0 atom stereocenters. The lowest BCUT2D eigenvalue weighted by Crippen LogP contribution is -2.28. The van der Waals surface area contributed by atoms with E-state index in [1.54, 1.807) is 0 Å². The second-order valence-electron chi connectivity index (χ2n) is 3.92. The molecule has 0 aromatic heterocycles. The summed E-state index contributed by atoms with van der Waals surface area (Å²) >= 11 is 0. The molecular formula is C11H10F3O6S-. The van der Waals surface area contributed by atoms with Gasteiger partial charge in [-0.05, 0) is 42.2 Å². The average molecular weight is 327 g/mol.